The normalized spacial score (nSPS) is 21.6. The third-order valence-corrected chi connectivity index (χ3v) is 5.28. The summed E-state index contributed by atoms with van der Waals surface area (Å²) in [6, 6.07) is 13.3. The Morgan fingerprint density at radius 2 is 1.86 bits per heavy atom. The molecule has 0 spiro atoms. The van der Waals surface area contributed by atoms with E-state index in [9.17, 15) is 9.59 Å². The molecule has 2 unspecified atom stereocenters. The van der Waals surface area contributed by atoms with E-state index >= 15 is 0 Å². The number of morpholine rings is 1. The first kappa shape index (κ1) is 19.5. The molecule has 6 nitrogen and oxygen atoms in total. The number of rotatable bonds is 3. The van der Waals surface area contributed by atoms with E-state index in [1.807, 2.05) is 68.1 Å². The Bertz CT molecular complexity index is 932. The number of hydrogen-bond acceptors (Lipinski definition) is 4. The monoisotopic (exact) mass is 394 g/mol. The van der Waals surface area contributed by atoms with Crippen molar-refractivity contribution in [2.24, 2.45) is 0 Å². The number of aryl methyl sites for hydroxylation is 1. The summed E-state index contributed by atoms with van der Waals surface area (Å²) in [5.74, 6) is 0.618. The van der Waals surface area contributed by atoms with Crippen LogP contribution >= 0.6 is 0 Å². The minimum atomic E-state index is -0.0874. The first-order valence-corrected chi connectivity index (χ1v) is 9.98. The van der Waals surface area contributed by atoms with E-state index in [1.165, 1.54) is 0 Å². The molecule has 0 aliphatic carbocycles. The molecule has 2 aliphatic heterocycles. The Labute approximate surface area is 171 Å². The summed E-state index contributed by atoms with van der Waals surface area (Å²) in [6.07, 6.45) is 0.0493. The summed E-state index contributed by atoms with van der Waals surface area (Å²) < 4.78 is 11.3. The summed E-state index contributed by atoms with van der Waals surface area (Å²) in [5, 5.41) is 0. The van der Waals surface area contributed by atoms with E-state index in [-0.39, 0.29) is 30.6 Å². The number of carbonyl (C=O) groups is 2. The fraction of sp³-hybridized carbons (Fsp3) is 0.391. The summed E-state index contributed by atoms with van der Waals surface area (Å²) in [6.45, 7) is 7.55. The van der Waals surface area contributed by atoms with E-state index in [2.05, 4.69) is 0 Å². The van der Waals surface area contributed by atoms with Gasteiger partial charge < -0.3 is 19.3 Å². The second-order valence-corrected chi connectivity index (χ2v) is 7.91. The number of amides is 2. The van der Waals surface area contributed by atoms with Crippen molar-refractivity contribution in [2.45, 2.75) is 39.5 Å². The lowest BCUT2D eigenvalue weighted by atomic mass is 10.1. The van der Waals surface area contributed by atoms with Crippen LogP contribution in [0, 0.1) is 6.92 Å². The maximum absolute atomic E-state index is 13.0. The lowest BCUT2D eigenvalue weighted by molar-refractivity contribution is -0.121. The van der Waals surface area contributed by atoms with Crippen LogP contribution in [-0.4, -0.2) is 48.6 Å². The molecule has 152 valence electrons. The minimum Gasteiger partial charge on any atom is -0.482 e. The molecule has 29 heavy (non-hydrogen) atoms. The highest BCUT2D eigenvalue weighted by atomic mass is 16.5. The lowest BCUT2D eigenvalue weighted by Crippen LogP contribution is -2.48. The lowest BCUT2D eigenvalue weighted by Gasteiger charge is -2.35. The van der Waals surface area contributed by atoms with Crippen LogP contribution in [0.4, 0.5) is 5.69 Å². The summed E-state index contributed by atoms with van der Waals surface area (Å²) in [4.78, 5) is 29.1. The molecule has 2 aromatic rings. The molecule has 0 aromatic heterocycles. The van der Waals surface area contributed by atoms with Gasteiger partial charge in [-0.1, -0.05) is 18.2 Å². The first-order chi connectivity index (χ1) is 13.9. The van der Waals surface area contributed by atoms with Crippen molar-refractivity contribution in [1.82, 2.24) is 4.90 Å². The maximum atomic E-state index is 13.0. The van der Waals surface area contributed by atoms with E-state index in [0.29, 0.717) is 30.9 Å². The smallest absolute Gasteiger partial charge is 0.265 e. The van der Waals surface area contributed by atoms with Crippen LogP contribution in [0.1, 0.15) is 35.3 Å². The number of anilines is 1. The SMILES string of the molecule is Cc1ccc2c(c1)N(Cc1cccc(C(=O)N3CC(C)OC(C)C3)c1)C(=O)CO2. The van der Waals surface area contributed by atoms with Gasteiger partial charge in [0.15, 0.2) is 6.61 Å². The minimum absolute atomic E-state index is 0.00148. The average Bonchev–Trinajstić information content (AvgIpc) is 2.69. The fourth-order valence-corrected chi connectivity index (χ4v) is 4.00. The van der Waals surface area contributed by atoms with Crippen LogP contribution in [0.2, 0.25) is 0 Å². The van der Waals surface area contributed by atoms with E-state index < -0.39 is 0 Å². The number of ether oxygens (including phenoxy) is 2. The van der Waals surface area contributed by atoms with Gasteiger partial charge in [-0.2, -0.15) is 0 Å². The molecule has 0 radical (unpaired) electrons. The van der Waals surface area contributed by atoms with Crippen LogP contribution in [0.3, 0.4) is 0 Å². The molecule has 2 amide bonds. The van der Waals surface area contributed by atoms with Gasteiger partial charge in [-0.05, 0) is 56.2 Å². The van der Waals surface area contributed by atoms with Crippen LogP contribution in [0.5, 0.6) is 5.75 Å². The Balaban J connectivity index is 1.56. The third kappa shape index (κ3) is 4.12. The molecule has 1 saturated heterocycles. The number of hydrogen-bond donors (Lipinski definition) is 0. The second kappa shape index (κ2) is 7.87. The standard InChI is InChI=1S/C23H26N2O4/c1-15-7-8-21-20(9-15)25(22(26)14-28-21)13-18-5-4-6-19(10-18)23(27)24-11-16(2)29-17(3)12-24/h4-10,16-17H,11-14H2,1-3H3. The molecule has 1 fully saturated rings. The Kier molecular flexibility index (Phi) is 5.28. The first-order valence-electron chi connectivity index (χ1n) is 9.98. The topological polar surface area (TPSA) is 59.1 Å². The molecule has 4 rings (SSSR count). The van der Waals surface area contributed by atoms with Gasteiger partial charge in [0.2, 0.25) is 0 Å². The molecule has 2 atom stereocenters. The zero-order chi connectivity index (χ0) is 20.5. The van der Waals surface area contributed by atoms with Crippen molar-refractivity contribution in [2.75, 3.05) is 24.6 Å². The predicted octanol–water partition coefficient (Wildman–Crippen LogP) is 3.17. The van der Waals surface area contributed by atoms with Gasteiger partial charge in [-0.3, -0.25) is 9.59 Å². The van der Waals surface area contributed by atoms with Crippen LogP contribution in [-0.2, 0) is 16.1 Å². The van der Waals surface area contributed by atoms with Gasteiger partial charge in [0, 0.05) is 18.7 Å². The van der Waals surface area contributed by atoms with Gasteiger partial charge in [0.1, 0.15) is 5.75 Å². The van der Waals surface area contributed by atoms with Gasteiger partial charge in [-0.25, -0.2) is 0 Å². The molecule has 2 aliphatic rings. The van der Waals surface area contributed by atoms with E-state index in [4.69, 9.17) is 9.47 Å². The van der Waals surface area contributed by atoms with E-state index in [1.54, 1.807) is 4.90 Å². The van der Waals surface area contributed by atoms with Crippen molar-refractivity contribution in [3.63, 3.8) is 0 Å². The summed E-state index contributed by atoms with van der Waals surface area (Å²) in [5.41, 5.74) is 3.38. The van der Waals surface area contributed by atoms with Gasteiger partial charge >= 0.3 is 0 Å². The predicted molar refractivity (Wildman–Crippen MR) is 110 cm³/mol. The summed E-state index contributed by atoms with van der Waals surface area (Å²) in [7, 11) is 0. The Morgan fingerprint density at radius 3 is 2.62 bits per heavy atom. The highest BCUT2D eigenvalue weighted by Gasteiger charge is 2.28. The fourth-order valence-electron chi connectivity index (χ4n) is 4.00. The molecule has 2 heterocycles. The van der Waals surface area contributed by atoms with E-state index in [0.717, 1.165) is 16.8 Å². The molecule has 0 N–H and O–H groups in total. The van der Waals surface area contributed by atoms with Crippen molar-refractivity contribution in [3.8, 4) is 5.75 Å². The van der Waals surface area contributed by atoms with Crippen molar-refractivity contribution in [3.05, 3.63) is 59.2 Å². The second-order valence-electron chi connectivity index (χ2n) is 7.91. The van der Waals surface area contributed by atoms with Crippen molar-refractivity contribution in [1.29, 1.82) is 0 Å². The molecule has 2 aromatic carbocycles. The number of carbonyl (C=O) groups excluding carboxylic acids is 2. The molecular weight excluding hydrogens is 368 g/mol. The van der Waals surface area contributed by atoms with Crippen LogP contribution in [0.15, 0.2) is 42.5 Å². The molecule has 0 bridgehead atoms. The van der Waals surface area contributed by atoms with Crippen LogP contribution < -0.4 is 9.64 Å². The Morgan fingerprint density at radius 1 is 1.10 bits per heavy atom. The molecule has 6 heteroatoms. The zero-order valence-corrected chi connectivity index (χ0v) is 17.1. The van der Waals surface area contributed by atoms with Gasteiger partial charge in [-0.15, -0.1) is 0 Å². The number of fused-ring (bicyclic) bond motifs is 1. The maximum Gasteiger partial charge on any atom is 0.265 e. The zero-order valence-electron chi connectivity index (χ0n) is 17.1. The average molecular weight is 394 g/mol. The third-order valence-electron chi connectivity index (χ3n) is 5.28. The highest BCUT2D eigenvalue weighted by molar-refractivity contribution is 5.98. The number of nitrogens with zero attached hydrogens (tertiary/aromatic N) is 2. The van der Waals surface area contributed by atoms with Crippen LogP contribution in [0.25, 0.3) is 0 Å². The largest absolute Gasteiger partial charge is 0.482 e. The highest BCUT2D eigenvalue weighted by Crippen LogP contribution is 2.34. The number of benzene rings is 2. The van der Waals surface area contributed by atoms with Crippen molar-refractivity contribution >= 4 is 17.5 Å². The van der Waals surface area contributed by atoms with Gasteiger partial charge in [0.05, 0.1) is 24.4 Å². The van der Waals surface area contributed by atoms with Gasteiger partial charge in [0.25, 0.3) is 11.8 Å². The summed E-state index contributed by atoms with van der Waals surface area (Å²) >= 11 is 0. The Hall–Kier alpha value is -2.86. The molecular formula is C23H26N2O4. The van der Waals surface area contributed by atoms with Crippen molar-refractivity contribution < 1.29 is 19.1 Å². The quantitative estimate of drug-likeness (QED) is 0.802. The molecule has 0 saturated carbocycles.